The van der Waals surface area contributed by atoms with Gasteiger partial charge in [-0.05, 0) is 12.1 Å². The summed E-state index contributed by atoms with van der Waals surface area (Å²) in [6.45, 7) is 0.410. The van der Waals surface area contributed by atoms with Gasteiger partial charge in [-0.25, -0.2) is 0 Å². The van der Waals surface area contributed by atoms with Gasteiger partial charge in [0.15, 0.2) is 0 Å². The summed E-state index contributed by atoms with van der Waals surface area (Å²) in [5.41, 5.74) is 6.43. The summed E-state index contributed by atoms with van der Waals surface area (Å²) in [5, 5.41) is 2.88. The Kier molecular flexibility index (Phi) is 2.74. The number of nitrogens with two attached hydrogens (primary N) is 1. The average Bonchev–Trinajstić information content (AvgIpc) is 2.36. The van der Waals surface area contributed by atoms with Crippen molar-refractivity contribution in [2.45, 2.75) is 4.90 Å². The van der Waals surface area contributed by atoms with Crippen molar-refractivity contribution in [3.8, 4) is 0 Å². The summed E-state index contributed by atoms with van der Waals surface area (Å²) in [6, 6.07) is 7.82. The summed E-state index contributed by atoms with van der Waals surface area (Å²) < 4.78 is 0. The third-order valence-electron chi connectivity index (χ3n) is 2.24. The maximum atomic E-state index is 11.6. The minimum atomic E-state index is -0.0765. The van der Waals surface area contributed by atoms with Crippen LogP contribution < -0.4 is 11.1 Å². The second-order valence-corrected chi connectivity index (χ2v) is 4.29. The Morgan fingerprint density at radius 2 is 2.29 bits per heavy atom. The van der Waals surface area contributed by atoms with Gasteiger partial charge >= 0.3 is 0 Å². The molecule has 1 unspecified atom stereocenters. The second-order valence-electron chi connectivity index (χ2n) is 3.23. The summed E-state index contributed by atoms with van der Waals surface area (Å²) in [6.07, 6.45) is 0. The van der Waals surface area contributed by atoms with Gasteiger partial charge in [-0.15, -0.1) is 11.8 Å². The van der Waals surface area contributed by atoms with E-state index in [9.17, 15) is 4.79 Å². The average molecular weight is 208 g/mol. The number of para-hydroxylation sites is 1. The molecule has 0 fully saturated rings. The topological polar surface area (TPSA) is 55.1 Å². The van der Waals surface area contributed by atoms with E-state index in [0.717, 1.165) is 16.3 Å². The predicted octanol–water partition coefficient (Wildman–Crippen LogP) is 1.31. The first-order valence-electron chi connectivity index (χ1n) is 4.54. The van der Waals surface area contributed by atoms with Crippen molar-refractivity contribution in [3.05, 3.63) is 24.3 Å². The summed E-state index contributed by atoms with van der Waals surface area (Å²) >= 11 is 1.68. The molecule has 0 bridgehead atoms. The number of rotatable bonds is 1. The first-order valence-corrected chi connectivity index (χ1v) is 5.52. The highest BCUT2D eigenvalue weighted by atomic mass is 32.2. The number of carbonyl (C=O) groups excluding carboxylic acids is 1. The maximum absolute atomic E-state index is 11.6. The molecule has 1 aromatic carbocycles. The molecule has 4 heteroatoms. The van der Waals surface area contributed by atoms with Crippen LogP contribution in [0.2, 0.25) is 0 Å². The number of anilines is 1. The minimum absolute atomic E-state index is 0.0324. The first kappa shape index (κ1) is 9.55. The number of amides is 1. The fourth-order valence-electron chi connectivity index (χ4n) is 1.37. The van der Waals surface area contributed by atoms with Gasteiger partial charge < -0.3 is 11.1 Å². The molecule has 1 aliphatic heterocycles. The van der Waals surface area contributed by atoms with Gasteiger partial charge in [-0.2, -0.15) is 0 Å². The van der Waals surface area contributed by atoms with Crippen LogP contribution in [0.3, 0.4) is 0 Å². The van der Waals surface area contributed by atoms with Gasteiger partial charge in [0.05, 0.1) is 11.6 Å². The highest BCUT2D eigenvalue weighted by molar-refractivity contribution is 7.99. The molecule has 1 amide bonds. The number of hydrogen-bond acceptors (Lipinski definition) is 3. The number of fused-ring (bicyclic) bond motifs is 1. The van der Waals surface area contributed by atoms with Crippen LogP contribution in [0.1, 0.15) is 0 Å². The Morgan fingerprint density at radius 3 is 3.07 bits per heavy atom. The standard InChI is InChI=1S/C10H12N2OS/c11-5-7-6-14-9-4-2-1-3-8(9)12-10(7)13/h1-4,7H,5-6,11H2,(H,12,13). The smallest absolute Gasteiger partial charge is 0.229 e. The van der Waals surface area contributed by atoms with Gasteiger partial charge in [-0.1, -0.05) is 12.1 Å². The zero-order chi connectivity index (χ0) is 9.97. The lowest BCUT2D eigenvalue weighted by atomic mass is 10.1. The van der Waals surface area contributed by atoms with E-state index in [0.29, 0.717) is 6.54 Å². The molecule has 1 atom stereocenters. The largest absolute Gasteiger partial charge is 0.330 e. The van der Waals surface area contributed by atoms with Crippen molar-refractivity contribution < 1.29 is 4.79 Å². The van der Waals surface area contributed by atoms with E-state index in [-0.39, 0.29) is 11.8 Å². The lowest BCUT2D eigenvalue weighted by Crippen LogP contribution is -2.29. The van der Waals surface area contributed by atoms with Gasteiger partial charge in [0.25, 0.3) is 0 Å². The Labute approximate surface area is 87.1 Å². The highest BCUT2D eigenvalue weighted by Gasteiger charge is 2.22. The number of carbonyl (C=O) groups is 1. The fourth-order valence-corrected chi connectivity index (χ4v) is 2.49. The van der Waals surface area contributed by atoms with Crippen LogP contribution in [0, 0.1) is 5.92 Å². The third-order valence-corrected chi connectivity index (χ3v) is 3.48. The van der Waals surface area contributed by atoms with Crippen LogP contribution in [-0.2, 0) is 4.79 Å². The van der Waals surface area contributed by atoms with Gasteiger partial charge in [0, 0.05) is 17.2 Å². The molecule has 0 saturated carbocycles. The summed E-state index contributed by atoms with van der Waals surface area (Å²) in [5.74, 6) is 0.719. The predicted molar refractivity (Wildman–Crippen MR) is 58.3 cm³/mol. The summed E-state index contributed by atoms with van der Waals surface area (Å²) in [7, 11) is 0. The van der Waals surface area contributed by atoms with Crippen molar-refractivity contribution in [1.82, 2.24) is 0 Å². The van der Waals surface area contributed by atoms with Crippen LogP contribution >= 0.6 is 11.8 Å². The molecule has 3 nitrogen and oxygen atoms in total. The monoisotopic (exact) mass is 208 g/mol. The van der Waals surface area contributed by atoms with E-state index < -0.39 is 0 Å². The molecule has 1 aliphatic rings. The quantitative estimate of drug-likeness (QED) is 0.731. The molecular weight excluding hydrogens is 196 g/mol. The van der Waals surface area contributed by atoms with Gasteiger partial charge in [0.1, 0.15) is 0 Å². The molecule has 1 heterocycles. The molecule has 0 saturated heterocycles. The molecule has 74 valence electrons. The SMILES string of the molecule is NCC1CSc2ccccc2NC1=O. The third kappa shape index (κ3) is 1.76. The normalized spacial score (nSPS) is 20.9. The number of nitrogens with one attached hydrogen (secondary N) is 1. The van der Waals surface area contributed by atoms with Crippen molar-refractivity contribution in [2.75, 3.05) is 17.6 Å². The van der Waals surface area contributed by atoms with Crippen molar-refractivity contribution in [1.29, 1.82) is 0 Å². The van der Waals surface area contributed by atoms with E-state index in [1.54, 1.807) is 11.8 Å². The fraction of sp³-hybridized carbons (Fsp3) is 0.300. The zero-order valence-corrected chi connectivity index (χ0v) is 8.51. The second kappa shape index (κ2) is 4.02. The molecular formula is C10H12N2OS. The summed E-state index contributed by atoms with van der Waals surface area (Å²) in [4.78, 5) is 12.7. The lowest BCUT2D eigenvalue weighted by Gasteiger charge is -2.08. The minimum Gasteiger partial charge on any atom is -0.330 e. The van der Waals surface area contributed by atoms with E-state index in [4.69, 9.17) is 5.73 Å². The Morgan fingerprint density at radius 1 is 1.50 bits per heavy atom. The number of hydrogen-bond donors (Lipinski definition) is 2. The maximum Gasteiger partial charge on any atom is 0.229 e. The van der Waals surface area contributed by atoms with Crippen molar-refractivity contribution >= 4 is 23.4 Å². The molecule has 0 radical (unpaired) electrons. The van der Waals surface area contributed by atoms with Crippen molar-refractivity contribution in [3.63, 3.8) is 0 Å². The van der Waals surface area contributed by atoms with Crippen molar-refractivity contribution in [2.24, 2.45) is 11.7 Å². The molecule has 0 spiro atoms. The Balaban J connectivity index is 2.28. The Bertz CT molecular complexity index is 354. The molecule has 2 rings (SSSR count). The van der Waals surface area contributed by atoms with Crippen LogP contribution in [0.15, 0.2) is 29.2 Å². The van der Waals surface area contributed by atoms with E-state index in [1.165, 1.54) is 0 Å². The van der Waals surface area contributed by atoms with Crippen LogP contribution in [0.5, 0.6) is 0 Å². The molecule has 3 N–H and O–H groups in total. The van der Waals surface area contributed by atoms with Crippen LogP contribution in [-0.4, -0.2) is 18.2 Å². The van der Waals surface area contributed by atoms with Gasteiger partial charge in [-0.3, -0.25) is 4.79 Å². The molecule has 1 aromatic rings. The van der Waals surface area contributed by atoms with Crippen LogP contribution in [0.25, 0.3) is 0 Å². The molecule has 14 heavy (non-hydrogen) atoms. The Hall–Kier alpha value is -1.00. The van der Waals surface area contributed by atoms with Gasteiger partial charge in [0.2, 0.25) is 5.91 Å². The number of thioether (sulfide) groups is 1. The van der Waals surface area contributed by atoms with E-state index >= 15 is 0 Å². The number of benzene rings is 1. The zero-order valence-electron chi connectivity index (χ0n) is 7.69. The van der Waals surface area contributed by atoms with Crippen LogP contribution in [0.4, 0.5) is 5.69 Å². The van der Waals surface area contributed by atoms with E-state index in [2.05, 4.69) is 5.32 Å². The molecule has 0 aromatic heterocycles. The molecule has 0 aliphatic carbocycles. The first-order chi connectivity index (χ1) is 6.81. The van der Waals surface area contributed by atoms with E-state index in [1.807, 2.05) is 24.3 Å². The highest BCUT2D eigenvalue weighted by Crippen LogP contribution is 2.31. The lowest BCUT2D eigenvalue weighted by molar-refractivity contribution is -0.118.